The molecule has 0 N–H and O–H groups in total. The summed E-state index contributed by atoms with van der Waals surface area (Å²) in [6, 6.07) is 8.37. The molecule has 1 heterocycles. The molecule has 1 unspecified atom stereocenters. The lowest BCUT2D eigenvalue weighted by Gasteiger charge is -2.07. The summed E-state index contributed by atoms with van der Waals surface area (Å²) in [5.74, 6) is 0. The molecule has 0 spiro atoms. The zero-order valence-electron chi connectivity index (χ0n) is 7.03. The Bertz CT molecular complexity index is 281. The highest BCUT2D eigenvalue weighted by Crippen LogP contribution is 2.24. The van der Waals surface area contributed by atoms with Gasteiger partial charge in [0.25, 0.3) is 0 Å². The molecular formula is C10H11NO. The van der Waals surface area contributed by atoms with Crippen molar-refractivity contribution in [2.75, 3.05) is 0 Å². The minimum atomic E-state index is 0.144. The zero-order valence-corrected chi connectivity index (χ0v) is 7.03. The van der Waals surface area contributed by atoms with E-state index < -0.39 is 0 Å². The average molecular weight is 161 g/mol. The molecular weight excluding hydrogens is 150 g/mol. The van der Waals surface area contributed by atoms with E-state index in [0.717, 1.165) is 6.42 Å². The molecule has 2 nitrogen and oxygen atoms in total. The zero-order chi connectivity index (χ0) is 8.39. The molecule has 1 aliphatic heterocycles. The highest BCUT2D eigenvalue weighted by atomic mass is 16.6. The van der Waals surface area contributed by atoms with Crippen molar-refractivity contribution in [2.45, 2.75) is 19.4 Å². The summed E-state index contributed by atoms with van der Waals surface area (Å²) in [5, 5.41) is 3.74. The van der Waals surface area contributed by atoms with Crippen LogP contribution in [0.2, 0.25) is 0 Å². The molecule has 2 heteroatoms. The second kappa shape index (κ2) is 2.97. The first-order valence-corrected chi connectivity index (χ1v) is 4.10. The van der Waals surface area contributed by atoms with Gasteiger partial charge in [0.1, 0.15) is 0 Å². The predicted molar refractivity (Wildman–Crippen MR) is 48.1 cm³/mol. The Labute approximate surface area is 71.8 Å². The number of rotatable bonds is 1. The van der Waals surface area contributed by atoms with Crippen molar-refractivity contribution in [3.63, 3.8) is 0 Å². The predicted octanol–water partition coefficient (Wildman–Crippen LogP) is 2.44. The fraction of sp³-hybridized carbons (Fsp3) is 0.300. The van der Waals surface area contributed by atoms with Crippen LogP contribution in [-0.2, 0) is 4.84 Å². The van der Waals surface area contributed by atoms with Crippen LogP contribution in [0.5, 0.6) is 0 Å². The smallest absolute Gasteiger partial charge is 0.157 e. The van der Waals surface area contributed by atoms with Crippen molar-refractivity contribution in [3.8, 4) is 0 Å². The lowest BCUT2D eigenvalue weighted by molar-refractivity contribution is 0.0858. The molecule has 0 radical (unpaired) electrons. The molecule has 0 bridgehead atoms. The summed E-state index contributed by atoms with van der Waals surface area (Å²) in [6.45, 7) is 2.08. The standard InChI is InChI=1S/C10H11NO/c1-8-2-4-9(5-3-8)10-6-7-11-12-10/h2-5,7,10H,6H2,1H3. The molecule has 0 aliphatic carbocycles. The lowest BCUT2D eigenvalue weighted by Crippen LogP contribution is -1.94. The van der Waals surface area contributed by atoms with E-state index in [1.54, 1.807) is 0 Å². The minimum absolute atomic E-state index is 0.144. The number of hydrogen-bond acceptors (Lipinski definition) is 2. The molecule has 1 atom stereocenters. The van der Waals surface area contributed by atoms with Crippen molar-refractivity contribution < 1.29 is 4.84 Å². The molecule has 62 valence electrons. The Kier molecular flexibility index (Phi) is 1.82. The van der Waals surface area contributed by atoms with Gasteiger partial charge in [-0.15, -0.1) is 0 Å². The third-order valence-electron chi connectivity index (χ3n) is 2.03. The van der Waals surface area contributed by atoms with Gasteiger partial charge < -0.3 is 4.84 Å². The molecule has 2 rings (SSSR count). The largest absolute Gasteiger partial charge is 0.388 e. The van der Waals surface area contributed by atoms with E-state index in [-0.39, 0.29) is 6.10 Å². The van der Waals surface area contributed by atoms with Crippen molar-refractivity contribution in [1.82, 2.24) is 0 Å². The normalized spacial score (nSPS) is 20.9. The fourth-order valence-electron chi connectivity index (χ4n) is 1.28. The maximum Gasteiger partial charge on any atom is 0.157 e. The average Bonchev–Trinajstić information content (AvgIpc) is 2.58. The van der Waals surface area contributed by atoms with Gasteiger partial charge in [-0.2, -0.15) is 0 Å². The second-order valence-corrected chi connectivity index (χ2v) is 3.03. The summed E-state index contributed by atoms with van der Waals surface area (Å²) in [6.07, 6.45) is 2.85. The van der Waals surface area contributed by atoms with Crippen molar-refractivity contribution >= 4 is 6.21 Å². The van der Waals surface area contributed by atoms with Crippen molar-refractivity contribution in [3.05, 3.63) is 35.4 Å². The van der Waals surface area contributed by atoms with E-state index in [1.807, 2.05) is 6.21 Å². The number of hydrogen-bond donors (Lipinski definition) is 0. The first-order valence-electron chi connectivity index (χ1n) is 4.10. The fourth-order valence-corrected chi connectivity index (χ4v) is 1.28. The highest BCUT2D eigenvalue weighted by molar-refractivity contribution is 5.59. The molecule has 0 fully saturated rings. The molecule has 1 aromatic carbocycles. The summed E-state index contributed by atoms with van der Waals surface area (Å²) < 4.78 is 0. The van der Waals surface area contributed by atoms with Gasteiger partial charge in [0, 0.05) is 12.6 Å². The van der Waals surface area contributed by atoms with Crippen LogP contribution in [0.25, 0.3) is 0 Å². The van der Waals surface area contributed by atoms with E-state index in [9.17, 15) is 0 Å². The Morgan fingerprint density at radius 3 is 2.67 bits per heavy atom. The van der Waals surface area contributed by atoms with Crippen LogP contribution >= 0.6 is 0 Å². The van der Waals surface area contributed by atoms with Gasteiger partial charge in [0.2, 0.25) is 0 Å². The van der Waals surface area contributed by atoms with Crippen molar-refractivity contribution in [2.24, 2.45) is 5.16 Å². The Morgan fingerprint density at radius 2 is 2.08 bits per heavy atom. The van der Waals surface area contributed by atoms with Crippen LogP contribution in [0.3, 0.4) is 0 Å². The van der Waals surface area contributed by atoms with Crippen LogP contribution in [0.15, 0.2) is 29.4 Å². The Hall–Kier alpha value is -1.31. The van der Waals surface area contributed by atoms with Crippen LogP contribution in [0, 0.1) is 6.92 Å². The quantitative estimate of drug-likeness (QED) is 0.620. The van der Waals surface area contributed by atoms with Crippen molar-refractivity contribution in [1.29, 1.82) is 0 Å². The number of oxime groups is 1. The Balaban J connectivity index is 2.18. The number of nitrogens with zero attached hydrogens (tertiary/aromatic N) is 1. The molecule has 1 aliphatic rings. The van der Waals surface area contributed by atoms with Crippen LogP contribution < -0.4 is 0 Å². The van der Waals surface area contributed by atoms with E-state index in [4.69, 9.17) is 4.84 Å². The SMILES string of the molecule is Cc1ccc(C2CC=NO2)cc1. The molecule has 0 amide bonds. The summed E-state index contributed by atoms with van der Waals surface area (Å²) >= 11 is 0. The first kappa shape index (κ1) is 7.35. The van der Waals surface area contributed by atoms with Gasteiger partial charge >= 0.3 is 0 Å². The molecule has 12 heavy (non-hydrogen) atoms. The number of benzene rings is 1. The summed E-state index contributed by atoms with van der Waals surface area (Å²) in [5.41, 5.74) is 2.48. The van der Waals surface area contributed by atoms with Gasteiger partial charge in [-0.25, -0.2) is 0 Å². The molecule has 1 aromatic rings. The van der Waals surface area contributed by atoms with Crippen LogP contribution in [-0.4, -0.2) is 6.21 Å². The van der Waals surface area contributed by atoms with Gasteiger partial charge in [0.15, 0.2) is 6.10 Å². The molecule has 0 saturated heterocycles. The highest BCUT2D eigenvalue weighted by Gasteiger charge is 2.14. The topological polar surface area (TPSA) is 21.6 Å². The minimum Gasteiger partial charge on any atom is -0.388 e. The van der Waals surface area contributed by atoms with E-state index in [0.29, 0.717) is 0 Å². The third kappa shape index (κ3) is 1.33. The van der Waals surface area contributed by atoms with E-state index in [1.165, 1.54) is 11.1 Å². The van der Waals surface area contributed by atoms with Crippen LogP contribution in [0.4, 0.5) is 0 Å². The lowest BCUT2D eigenvalue weighted by atomic mass is 10.1. The van der Waals surface area contributed by atoms with Gasteiger partial charge in [0.05, 0.1) is 0 Å². The maximum atomic E-state index is 5.15. The third-order valence-corrected chi connectivity index (χ3v) is 2.03. The van der Waals surface area contributed by atoms with E-state index >= 15 is 0 Å². The monoisotopic (exact) mass is 161 g/mol. The first-order chi connectivity index (χ1) is 5.86. The van der Waals surface area contributed by atoms with Gasteiger partial charge in [-0.1, -0.05) is 35.0 Å². The Morgan fingerprint density at radius 1 is 1.33 bits per heavy atom. The maximum absolute atomic E-state index is 5.15. The summed E-state index contributed by atoms with van der Waals surface area (Å²) in [4.78, 5) is 5.15. The number of aryl methyl sites for hydroxylation is 1. The van der Waals surface area contributed by atoms with Gasteiger partial charge in [-0.3, -0.25) is 0 Å². The van der Waals surface area contributed by atoms with Gasteiger partial charge in [-0.05, 0) is 12.5 Å². The summed E-state index contributed by atoms with van der Waals surface area (Å²) in [7, 11) is 0. The van der Waals surface area contributed by atoms with E-state index in [2.05, 4.69) is 36.3 Å². The molecule has 0 saturated carbocycles. The second-order valence-electron chi connectivity index (χ2n) is 3.03. The van der Waals surface area contributed by atoms with Crippen LogP contribution in [0.1, 0.15) is 23.7 Å². The molecule has 0 aromatic heterocycles.